The van der Waals surface area contributed by atoms with E-state index in [1.165, 1.54) is 6.07 Å². The smallest absolute Gasteiger partial charge is 0.305 e. The summed E-state index contributed by atoms with van der Waals surface area (Å²) < 4.78 is 53.4. The van der Waals surface area contributed by atoms with E-state index < -0.39 is 95.0 Å². The molecule has 300 valence electrons. The van der Waals surface area contributed by atoms with Crippen molar-refractivity contribution >= 4 is 34.8 Å². The van der Waals surface area contributed by atoms with Crippen LogP contribution < -0.4 is 19.6 Å². The Morgan fingerprint density at radius 3 is 1.88 bits per heavy atom. The van der Waals surface area contributed by atoms with Crippen molar-refractivity contribution in [1.82, 2.24) is 0 Å². The Balaban J connectivity index is 1.37. The maximum Gasteiger partial charge on any atom is 0.305 e. The van der Waals surface area contributed by atoms with Gasteiger partial charge < -0.3 is 52.5 Å². The highest BCUT2D eigenvalue weighted by Crippen LogP contribution is 2.50. The van der Waals surface area contributed by atoms with Gasteiger partial charge in [-0.15, -0.1) is 0 Å². The Labute approximate surface area is 329 Å². The Bertz CT molecular complexity index is 2400. The quantitative estimate of drug-likeness (QED) is 0.140. The first-order valence-electron chi connectivity index (χ1n) is 17.9. The third kappa shape index (κ3) is 7.69. The second-order valence-electron chi connectivity index (χ2n) is 13.3. The van der Waals surface area contributed by atoms with E-state index in [2.05, 4.69) is 0 Å². The molecule has 1 saturated heterocycles. The molecule has 2 aliphatic rings. The molecule has 4 aromatic carbocycles. The van der Waals surface area contributed by atoms with Gasteiger partial charge in [-0.1, -0.05) is 60.7 Å². The van der Waals surface area contributed by atoms with Crippen LogP contribution in [0.4, 0.5) is 0 Å². The second kappa shape index (κ2) is 15.8. The van der Waals surface area contributed by atoms with Crippen LogP contribution in [-0.4, -0.2) is 71.4 Å². The van der Waals surface area contributed by atoms with Crippen molar-refractivity contribution in [1.29, 1.82) is 0 Å². The van der Waals surface area contributed by atoms with Gasteiger partial charge in [0.15, 0.2) is 29.5 Å². The normalized spacial score (nSPS) is 20.4. The highest BCUT2D eigenvalue weighted by Gasteiger charge is 2.54. The van der Waals surface area contributed by atoms with Gasteiger partial charge in [0.25, 0.3) is 0 Å². The lowest BCUT2D eigenvalue weighted by Gasteiger charge is -2.43. The molecule has 0 radical (unpaired) electrons. The zero-order valence-corrected chi connectivity index (χ0v) is 31.4. The van der Waals surface area contributed by atoms with Crippen LogP contribution in [0.15, 0.2) is 100 Å². The zero-order chi connectivity index (χ0) is 41.3. The van der Waals surface area contributed by atoms with Crippen LogP contribution >= 0.6 is 0 Å². The average Bonchev–Trinajstić information content (AvgIpc) is 3.57. The van der Waals surface area contributed by atoms with E-state index >= 15 is 0 Å². The molecule has 3 heterocycles. The summed E-state index contributed by atoms with van der Waals surface area (Å²) in [4.78, 5) is 63.6. The van der Waals surface area contributed by atoms with Crippen molar-refractivity contribution in [2.24, 2.45) is 0 Å². The molecule has 16 nitrogen and oxygen atoms in total. The Morgan fingerprint density at radius 1 is 0.690 bits per heavy atom. The molecule has 2 N–H and O–H groups in total. The molecule has 5 atom stereocenters. The lowest BCUT2D eigenvalue weighted by atomic mass is 9.97. The molecule has 0 spiro atoms. The first-order valence-corrected chi connectivity index (χ1v) is 17.9. The molecular weight excluding hydrogens is 760 g/mol. The van der Waals surface area contributed by atoms with Crippen LogP contribution in [0.1, 0.15) is 38.8 Å². The number of benzene rings is 4. The summed E-state index contributed by atoms with van der Waals surface area (Å²) in [5.41, 5.74) is 0.306. The van der Waals surface area contributed by atoms with Gasteiger partial charge in [-0.3, -0.25) is 24.0 Å². The van der Waals surface area contributed by atoms with Gasteiger partial charge >= 0.3 is 29.7 Å². The number of carbonyl (C=O) groups is 4. The number of phenolic OH excluding ortho intramolecular Hbond substituents is 2. The second-order valence-corrected chi connectivity index (χ2v) is 13.3. The van der Waals surface area contributed by atoms with Gasteiger partial charge in [0, 0.05) is 56.5 Å². The largest absolute Gasteiger partial charge is 0.508 e. The molecule has 1 fully saturated rings. The average molecular weight is 797 g/mol. The van der Waals surface area contributed by atoms with Gasteiger partial charge in [-0.05, 0) is 18.2 Å². The lowest BCUT2D eigenvalue weighted by molar-refractivity contribution is -0.288. The predicted octanol–water partition coefficient (Wildman–Crippen LogP) is 5.01. The number of aromatic hydroxyl groups is 2. The highest BCUT2D eigenvalue weighted by atomic mass is 16.7. The molecule has 0 unspecified atom stereocenters. The standard InChI is InChI=1S/C42H36O16/c1-21(43)50-20-33-37(51-22(2)44)39(52-23(3)45)40(53-24(4)46)41(55-33)56-38-35(49)34-29(48)18-28(47)19-32(34)54-36(38)25-15-16-30-31(17-25)58-42(57-30,26-11-7-5-8-12-26)27-13-9-6-10-14-27/h5-19,33,37,39-41,47-48H,20H2,1-4H3/t33-,37+,39+,40-,41+/m1/s1. The van der Waals surface area contributed by atoms with Crippen molar-refractivity contribution < 1.29 is 71.7 Å². The van der Waals surface area contributed by atoms with Crippen LogP contribution in [0.3, 0.4) is 0 Å². The van der Waals surface area contributed by atoms with Crippen LogP contribution in [0.2, 0.25) is 0 Å². The molecule has 0 amide bonds. The maximum atomic E-state index is 14.5. The number of hydrogen-bond acceptors (Lipinski definition) is 16. The zero-order valence-electron chi connectivity index (χ0n) is 31.4. The van der Waals surface area contributed by atoms with Crippen LogP contribution in [0, 0.1) is 0 Å². The summed E-state index contributed by atoms with van der Waals surface area (Å²) in [5, 5.41) is 20.8. The van der Waals surface area contributed by atoms with Gasteiger partial charge in [0.1, 0.15) is 35.2 Å². The first kappa shape index (κ1) is 39.2. The van der Waals surface area contributed by atoms with Gasteiger partial charge in [0.05, 0.1) is 0 Å². The summed E-state index contributed by atoms with van der Waals surface area (Å²) in [6.07, 6.45) is -8.11. The fourth-order valence-corrected chi connectivity index (χ4v) is 6.83. The number of ether oxygens (including phenoxy) is 8. The third-order valence-electron chi connectivity index (χ3n) is 9.12. The van der Waals surface area contributed by atoms with Crippen molar-refractivity contribution in [2.45, 2.75) is 64.2 Å². The number of hydrogen-bond donors (Lipinski definition) is 2. The highest BCUT2D eigenvalue weighted by molar-refractivity contribution is 5.88. The molecule has 58 heavy (non-hydrogen) atoms. The summed E-state index contributed by atoms with van der Waals surface area (Å²) in [7, 11) is 0. The van der Waals surface area contributed by atoms with E-state index in [0.29, 0.717) is 16.9 Å². The van der Waals surface area contributed by atoms with E-state index in [1.807, 2.05) is 60.7 Å². The van der Waals surface area contributed by atoms with E-state index in [0.717, 1.165) is 39.8 Å². The summed E-state index contributed by atoms with van der Waals surface area (Å²) in [5.74, 6) is -6.21. The minimum Gasteiger partial charge on any atom is -0.508 e. The fourth-order valence-electron chi connectivity index (χ4n) is 6.83. The summed E-state index contributed by atoms with van der Waals surface area (Å²) >= 11 is 0. The predicted molar refractivity (Wildman–Crippen MR) is 199 cm³/mol. The van der Waals surface area contributed by atoms with Crippen molar-refractivity contribution in [3.8, 4) is 40.1 Å². The van der Waals surface area contributed by atoms with Crippen molar-refractivity contribution in [3.05, 3.63) is 112 Å². The minimum atomic E-state index is -1.85. The Hall–Kier alpha value is -7.07. The van der Waals surface area contributed by atoms with E-state index in [1.54, 1.807) is 12.1 Å². The molecule has 7 rings (SSSR count). The number of phenols is 2. The topological polar surface area (TPSA) is 213 Å². The molecule has 0 saturated carbocycles. The molecule has 5 aromatic rings. The fraction of sp³-hybridized carbons (Fsp3) is 0.262. The Kier molecular flexibility index (Phi) is 10.7. The molecule has 0 bridgehead atoms. The van der Waals surface area contributed by atoms with E-state index in [9.17, 15) is 34.2 Å². The van der Waals surface area contributed by atoms with Crippen LogP contribution in [0.25, 0.3) is 22.3 Å². The molecule has 2 aliphatic heterocycles. The Morgan fingerprint density at radius 2 is 1.28 bits per heavy atom. The SMILES string of the molecule is CC(=O)OC[C@H]1O[C@@H](Oc2c(-c3ccc4c(c3)OC(c3ccccc3)(c3ccccc3)O4)oc3cc(O)cc(O)c3c2=O)[C@H](OC(C)=O)[C@@H](OC(C)=O)[C@H]1OC(C)=O. The van der Waals surface area contributed by atoms with Crippen LogP contribution in [-0.2, 0) is 48.6 Å². The van der Waals surface area contributed by atoms with Crippen molar-refractivity contribution in [3.63, 3.8) is 0 Å². The number of esters is 4. The van der Waals surface area contributed by atoms with Gasteiger partial charge in [-0.2, -0.15) is 0 Å². The first-order chi connectivity index (χ1) is 27.7. The molecule has 1 aromatic heterocycles. The third-order valence-corrected chi connectivity index (χ3v) is 9.12. The van der Waals surface area contributed by atoms with Crippen molar-refractivity contribution in [2.75, 3.05) is 6.61 Å². The van der Waals surface area contributed by atoms with Crippen LogP contribution in [0.5, 0.6) is 28.7 Å². The molecular formula is C42H36O16. The molecule has 0 aliphatic carbocycles. The van der Waals surface area contributed by atoms with E-state index in [4.69, 9.17) is 42.3 Å². The number of fused-ring (bicyclic) bond motifs is 2. The summed E-state index contributed by atoms with van der Waals surface area (Å²) in [6.45, 7) is 3.73. The number of rotatable bonds is 10. The van der Waals surface area contributed by atoms with Gasteiger partial charge in [-0.25, -0.2) is 0 Å². The monoisotopic (exact) mass is 796 g/mol. The van der Waals surface area contributed by atoms with Gasteiger partial charge in [0.2, 0.25) is 23.6 Å². The molecule has 16 heteroatoms. The maximum absolute atomic E-state index is 14.5. The summed E-state index contributed by atoms with van der Waals surface area (Å²) in [6, 6.07) is 25.1. The minimum absolute atomic E-state index is 0.168. The lowest BCUT2D eigenvalue weighted by Crippen LogP contribution is -2.63. The number of carbonyl (C=O) groups excluding carboxylic acids is 4. The van der Waals surface area contributed by atoms with E-state index in [-0.39, 0.29) is 22.7 Å².